The van der Waals surface area contributed by atoms with E-state index in [-0.39, 0.29) is 6.10 Å². The highest BCUT2D eigenvalue weighted by Crippen LogP contribution is 2.13. The molecule has 1 heterocycles. The van der Waals surface area contributed by atoms with Gasteiger partial charge in [0.2, 0.25) is 11.8 Å². The van der Waals surface area contributed by atoms with E-state index in [1.807, 2.05) is 25.8 Å². The van der Waals surface area contributed by atoms with Crippen molar-refractivity contribution in [2.45, 2.75) is 26.9 Å². The summed E-state index contributed by atoms with van der Waals surface area (Å²) in [5, 5.41) is 0. The Morgan fingerprint density at radius 2 is 2.12 bits per heavy atom. The molecule has 0 amide bonds. The predicted molar refractivity (Wildman–Crippen MR) is 69.3 cm³/mol. The van der Waals surface area contributed by atoms with Gasteiger partial charge in [0.1, 0.15) is 0 Å². The summed E-state index contributed by atoms with van der Waals surface area (Å²) >= 11 is 0. The molecular formula is C12H22N4O. The SMILES string of the molecule is CC(CN)CN(C)c1nccc(OC(C)C)n1. The van der Waals surface area contributed by atoms with Crippen molar-refractivity contribution in [3.63, 3.8) is 0 Å². The zero-order valence-corrected chi connectivity index (χ0v) is 11.1. The fraction of sp³-hybridized carbons (Fsp3) is 0.667. The van der Waals surface area contributed by atoms with Crippen molar-refractivity contribution in [3.05, 3.63) is 12.3 Å². The molecule has 0 aliphatic rings. The number of hydrogen-bond donors (Lipinski definition) is 1. The van der Waals surface area contributed by atoms with Gasteiger partial charge in [-0.15, -0.1) is 0 Å². The van der Waals surface area contributed by atoms with Gasteiger partial charge in [0.05, 0.1) is 6.10 Å². The van der Waals surface area contributed by atoms with Gasteiger partial charge < -0.3 is 15.4 Å². The van der Waals surface area contributed by atoms with E-state index in [2.05, 4.69) is 16.9 Å². The molecule has 0 aliphatic heterocycles. The first-order valence-corrected chi connectivity index (χ1v) is 5.93. The van der Waals surface area contributed by atoms with Crippen LogP contribution in [0.5, 0.6) is 5.88 Å². The summed E-state index contributed by atoms with van der Waals surface area (Å²) < 4.78 is 5.53. The average molecular weight is 238 g/mol. The summed E-state index contributed by atoms with van der Waals surface area (Å²) in [5.41, 5.74) is 5.60. The molecule has 1 unspecified atom stereocenters. The van der Waals surface area contributed by atoms with Crippen LogP contribution in [0.15, 0.2) is 12.3 Å². The number of hydrogen-bond acceptors (Lipinski definition) is 5. The zero-order chi connectivity index (χ0) is 12.8. The van der Waals surface area contributed by atoms with E-state index in [1.54, 1.807) is 12.3 Å². The molecule has 1 atom stereocenters. The Morgan fingerprint density at radius 1 is 1.41 bits per heavy atom. The second kappa shape index (κ2) is 6.39. The van der Waals surface area contributed by atoms with Crippen LogP contribution in [0.25, 0.3) is 0 Å². The monoisotopic (exact) mass is 238 g/mol. The summed E-state index contributed by atoms with van der Waals surface area (Å²) in [5.74, 6) is 1.69. The lowest BCUT2D eigenvalue weighted by atomic mass is 10.2. The van der Waals surface area contributed by atoms with Gasteiger partial charge in [-0.3, -0.25) is 0 Å². The lowest BCUT2D eigenvalue weighted by Gasteiger charge is -2.21. The Hall–Kier alpha value is -1.36. The molecule has 1 aromatic rings. The minimum atomic E-state index is 0.117. The first-order chi connectivity index (χ1) is 8.02. The molecule has 2 N–H and O–H groups in total. The van der Waals surface area contributed by atoms with Gasteiger partial charge in [0, 0.05) is 25.9 Å². The molecule has 96 valence electrons. The molecule has 0 aliphatic carbocycles. The Bertz CT molecular complexity index is 343. The lowest BCUT2D eigenvalue weighted by molar-refractivity contribution is 0.232. The fourth-order valence-corrected chi connectivity index (χ4v) is 1.45. The van der Waals surface area contributed by atoms with Gasteiger partial charge in [-0.2, -0.15) is 4.98 Å². The third-order valence-electron chi connectivity index (χ3n) is 2.30. The third-order valence-corrected chi connectivity index (χ3v) is 2.30. The molecule has 0 saturated carbocycles. The highest BCUT2D eigenvalue weighted by Gasteiger charge is 2.09. The summed E-state index contributed by atoms with van der Waals surface area (Å²) in [6, 6.07) is 1.77. The number of ether oxygens (including phenoxy) is 1. The van der Waals surface area contributed by atoms with Crippen molar-refractivity contribution in [1.82, 2.24) is 9.97 Å². The standard InChI is InChI=1S/C12H22N4O/c1-9(2)17-11-5-6-14-12(15-11)16(4)8-10(3)7-13/h5-6,9-10H,7-8,13H2,1-4H3. The topological polar surface area (TPSA) is 64.3 Å². The maximum absolute atomic E-state index is 5.60. The second-order valence-corrected chi connectivity index (χ2v) is 4.58. The summed E-state index contributed by atoms with van der Waals surface area (Å²) in [7, 11) is 1.96. The van der Waals surface area contributed by atoms with E-state index in [0.29, 0.717) is 24.3 Å². The minimum absolute atomic E-state index is 0.117. The molecule has 0 fully saturated rings. The fourth-order valence-electron chi connectivity index (χ4n) is 1.45. The van der Waals surface area contributed by atoms with Gasteiger partial charge in [-0.25, -0.2) is 4.98 Å². The predicted octanol–water partition coefficient (Wildman–Crippen LogP) is 1.29. The van der Waals surface area contributed by atoms with Crippen LogP contribution in [-0.2, 0) is 0 Å². The van der Waals surface area contributed by atoms with E-state index >= 15 is 0 Å². The third kappa shape index (κ3) is 4.56. The van der Waals surface area contributed by atoms with Crippen LogP contribution in [0.2, 0.25) is 0 Å². The van der Waals surface area contributed by atoms with Crippen molar-refractivity contribution >= 4 is 5.95 Å². The minimum Gasteiger partial charge on any atom is -0.475 e. The van der Waals surface area contributed by atoms with Gasteiger partial charge in [0.25, 0.3) is 0 Å². The molecule has 0 saturated heterocycles. The highest BCUT2D eigenvalue weighted by atomic mass is 16.5. The van der Waals surface area contributed by atoms with Gasteiger partial charge in [-0.1, -0.05) is 6.92 Å². The van der Waals surface area contributed by atoms with Gasteiger partial charge in [-0.05, 0) is 26.3 Å². The smallest absolute Gasteiger partial charge is 0.228 e. The summed E-state index contributed by atoms with van der Waals surface area (Å²) in [4.78, 5) is 10.6. The Kier molecular flexibility index (Phi) is 5.15. The largest absolute Gasteiger partial charge is 0.475 e. The number of aromatic nitrogens is 2. The molecule has 1 aromatic heterocycles. The highest BCUT2D eigenvalue weighted by molar-refractivity contribution is 5.30. The van der Waals surface area contributed by atoms with Crippen molar-refractivity contribution in [1.29, 1.82) is 0 Å². The van der Waals surface area contributed by atoms with Crippen LogP contribution in [0.4, 0.5) is 5.95 Å². The number of nitrogens with zero attached hydrogens (tertiary/aromatic N) is 3. The molecule has 0 bridgehead atoms. The van der Waals surface area contributed by atoms with Crippen LogP contribution in [0.1, 0.15) is 20.8 Å². The van der Waals surface area contributed by atoms with Crippen LogP contribution < -0.4 is 15.4 Å². The van der Waals surface area contributed by atoms with Crippen molar-refractivity contribution < 1.29 is 4.74 Å². The molecule has 0 spiro atoms. The molecule has 1 rings (SSSR count). The normalized spacial score (nSPS) is 12.6. The lowest BCUT2D eigenvalue weighted by Crippen LogP contribution is -2.29. The Labute approximate surface area is 103 Å². The maximum Gasteiger partial charge on any atom is 0.228 e. The van der Waals surface area contributed by atoms with Crippen LogP contribution in [-0.4, -0.2) is 36.2 Å². The number of rotatable bonds is 6. The zero-order valence-electron chi connectivity index (χ0n) is 11.1. The van der Waals surface area contributed by atoms with Gasteiger partial charge in [0.15, 0.2) is 0 Å². The first-order valence-electron chi connectivity index (χ1n) is 5.93. The quantitative estimate of drug-likeness (QED) is 0.809. The molecule has 17 heavy (non-hydrogen) atoms. The van der Waals surface area contributed by atoms with Crippen LogP contribution in [0.3, 0.4) is 0 Å². The molecular weight excluding hydrogens is 216 g/mol. The van der Waals surface area contributed by atoms with E-state index in [9.17, 15) is 0 Å². The molecule has 5 nitrogen and oxygen atoms in total. The van der Waals surface area contributed by atoms with Crippen molar-refractivity contribution in [2.75, 3.05) is 25.0 Å². The average Bonchev–Trinajstić information content (AvgIpc) is 2.28. The van der Waals surface area contributed by atoms with Crippen LogP contribution >= 0.6 is 0 Å². The molecule has 0 aromatic carbocycles. The maximum atomic E-state index is 5.60. The van der Waals surface area contributed by atoms with Crippen molar-refractivity contribution in [3.8, 4) is 5.88 Å². The van der Waals surface area contributed by atoms with E-state index in [1.165, 1.54) is 0 Å². The van der Waals surface area contributed by atoms with E-state index in [0.717, 1.165) is 6.54 Å². The second-order valence-electron chi connectivity index (χ2n) is 4.58. The molecule has 0 radical (unpaired) electrons. The van der Waals surface area contributed by atoms with E-state index < -0.39 is 0 Å². The number of anilines is 1. The molecule has 5 heteroatoms. The first kappa shape index (κ1) is 13.7. The Morgan fingerprint density at radius 3 is 2.71 bits per heavy atom. The van der Waals surface area contributed by atoms with Crippen molar-refractivity contribution in [2.24, 2.45) is 11.7 Å². The van der Waals surface area contributed by atoms with E-state index in [4.69, 9.17) is 10.5 Å². The summed E-state index contributed by atoms with van der Waals surface area (Å²) in [6.45, 7) is 7.54. The van der Waals surface area contributed by atoms with Crippen LogP contribution in [0, 0.1) is 5.92 Å². The summed E-state index contributed by atoms with van der Waals surface area (Å²) in [6.07, 6.45) is 1.83. The number of nitrogens with two attached hydrogens (primary N) is 1. The Balaban J connectivity index is 2.70. The van der Waals surface area contributed by atoms with Gasteiger partial charge >= 0.3 is 0 Å².